The Labute approximate surface area is 147 Å². The molecule has 130 valence electrons. The molecule has 3 rings (SSSR count). The Bertz CT molecular complexity index is 898. The van der Waals surface area contributed by atoms with Gasteiger partial charge in [-0.3, -0.25) is 4.79 Å². The molecule has 0 spiro atoms. The molecule has 0 bridgehead atoms. The van der Waals surface area contributed by atoms with Crippen molar-refractivity contribution in [3.63, 3.8) is 0 Å². The molecule has 25 heavy (non-hydrogen) atoms. The second-order valence-corrected chi connectivity index (χ2v) is 6.22. The molecular formula is C20H24N4O. The molecule has 0 saturated carbocycles. The molecule has 0 atom stereocenters. The van der Waals surface area contributed by atoms with Gasteiger partial charge < -0.3 is 15.6 Å². The lowest BCUT2D eigenvalue weighted by atomic mass is 10.0. The summed E-state index contributed by atoms with van der Waals surface area (Å²) < 4.78 is 2.15. The maximum Gasteiger partial charge on any atom is 0.248 e. The van der Waals surface area contributed by atoms with Crippen LogP contribution in [0.4, 0.5) is 5.95 Å². The Morgan fingerprint density at radius 3 is 2.60 bits per heavy atom. The van der Waals surface area contributed by atoms with E-state index in [4.69, 9.17) is 5.73 Å². The van der Waals surface area contributed by atoms with Gasteiger partial charge in [-0.05, 0) is 42.2 Å². The lowest BCUT2D eigenvalue weighted by molar-refractivity contribution is 0.100. The van der Waals surface area contributed by atoms with E-state index in [0.29, 0.717) is 5.56 Å². The van der Waals surface area contributed by atoms with E-state index in [2.05, 4.69) is 46.1 Å². The summed E-state index contributed by atoms with van der Waals surface area (Å²) in [5, 5.41) is 3.14. The molecular weight excluding hydrogens is 312 g/mol. The van der Waals surface area contributed by atoms with E-state index in [0.717, 1.165) is 42.8 Å². The quantitative estimate of drug-likeness (QED) is 0.695. The smallest absolute Gasteiger partial charge is 0.248 e. The summed E-state index contributed by atoms with van der Waals surface area (Å²) in [6, 6.07) is 14.2. The summed E-state index contributed by atoms with van der Waals surface area (Å²) in [7, 11) is 1.86. The summed E-state index contributed by atoms with van der Waals surface area (Å²) in [4.78, 5) is 16.0. The van der Waals surface area contributed by atoms with E-state index in [9.17, 15) is 4.79 Å². The molecule has 0 aliphatic carbocycles. The zero-order valence-electron chi connectivity index (χ0n) is 14.7. The van der Waals surface area contributed by atoms with Gasteiger partial charge in [-0.2, -0.15) is 0 Å². The topological polar surface area (TPSA) is 72.9 Å². The van der Waals surface area contributed by atoms with Gasteiger partial charge in [0.25, 0.3) is 0 Å². The largest absolute Gasteiger partial charge is 0.366 e. The molecule has 2 aromatic carbocycles. The average Bonchev–Trinajstić information content (AvgIpc) is 2.97. The third-order valence-electron chi connectivity index (χ3n) is 4.41. The number of rotatable bonds is 7. The third kappa shape index (κ3) is 3.65. The highest BCUT2D eigenvalue weighted by Gasteiger charge is 2.12. The molecule has 5 nitrogen and oxygen atoms in total. The number of hydrogen-bond donors (Lipinski definition) is 2. The minimum absolute atomic E-state index is 0.435. The molecule has 0 fully saturated rings. The zero-order chi connectivity index (χ0) is 17.8. The highest BCUT2D eigenvalue weighted by Crippen LogP contribution is 2.22. The number of aromatic nitrogens is 2. The van der Waals surface area contributed by atoms with Gasteiger partial charge in [0.1, 0.15) is 0 Å². The molecule has 3 aromatic rings. The molecule has 0 radical (unpaired) electrons. The number of nitrogens with one attached hydrogen (secondary N) is 1. The van der Waals surface area contributed by atoms with Crippen molar-refractivity contribution in [2.45, 2.75) is 32.7 Å². The molecule has 1 heterocycles. The van der Waals surface area contributed by atoms with Crippen molar-refractivity contribution < 1.29 is 4.79 Å². The number of hydrogen-bond acceptors (Lipinski definition) is 3. The van der Waals surface area contributed by atoms with Crippen LogP contribution >= 0.6 is 0 Å². The predicted molar refractivity (Wildman–Crippen MR) is 102 cm³/mol. The van der Waals surface area contributed by atoms with E-state index in [1.54, 1.807) is 12.1 Å². The monoisotopic (exact) mass is 336 g/mol. The van der Waals surface area contributed by atoms with Crippen LogP contribution < -0.4 is 11.1 Å². The van der Waals surface area contributed by atoms with E-state index in [1.807, 2.05) is 13.1 Å². The molecule has 3 N–H and O–H groups in total. The van der Waals surface area contributed by atoms with Gasteiger partial charge in [0.2, 0.25) is 11.9 Å². The van der Waals surface area contributed by atoms with Gasteiger partial charge >= 0.3 is 0 Å². The molecule has 0 aliphatic heterocycles. The number of nitrogens with zero attached hydrogens (tertiary/aromatic N) is 2. The summed E-state index contributed by atoms with van der Waals surface area (Å²) >= 11 is 0. The summed E-state index contributed by atoms with van der Waals surface area (Å²) in [5.74, 6) is 0.358. The number of anilines is 1. The maximum absolute atomic E-state index is 11.4. The number of amides is 1. The first-order chi connectivity index (χ1) is 12.1. The highest BCUT2D eigenvalue weighted by molar-refractivity contribution is 5.96. The van der Waals surface area contributed by atoms with Crippen LogP contribution in [0.25, 0.3) is 11.0 Å². The fourth-order valence-electron chi connectivity index (χ4n) is 3.17. The van der Waals surface area contributed by atoms with Gasteiger partial charge in [-0.15, -0.1) is 0 Å². The van der Waals surface area contributed by atoms with Gasteiger partial charge in [0.15, 0.2) is 0 Å². The molecule has 0 unspecified atom stereocenters. The number of imidazole rings is 1. The summed E-state index contributed by atoms with van der Waals surface area (Å²) in [6.07, 6.45) is 3.19. The standard InChI is InChI=1S/C20H24N4O/c1-3-5-14-6-4-7-15(12-14)10-11-24-18-9-8-16(19(21)25)13-17(18)23-20(24)22-2/h4,6-9,12-13H,3,5,10-11H2,1-2H3,(H2,21,25)(H,22,23). The predicted octanol–water partition coefficient (Wildman–Crippen LogP) is 3.37. The first kappa shape index (κ1) is 17.0. The van der Waals surface area contributed by atoms with Crippen molar-refractivity contribution in [3.05, 3.63) is 59.2 Å². The molecule has 5 heteroatoms. The normalized spacial score (nSPS) is 11.0. The molecule has 0 saturated heterocycles. The molecule has 0 aliphatic rings. The number of nitrogens with two attached hydrogens (primary N) is 1. The number of carbonyl (C=O) groups is 1. The number of carbonyl (C=O) groups excluding carboxylic acids is 1. The van der Waals surface area contributed by atoms with Crippen LogP contribution in [0.5, 0.6) is 0 Å². The zero-order valence-corrected chi connectivity index (χ0v) is 14.7. The minimum Gasteiger partial charge on any atom is -0.366 e. The lowest BCUT2D eigenvalue weighted by Gasteiger charge is -2.10. The van der Waals surface area contributed by atoms with Crippen molar-refractivity contribution >= 4 is 22.9 Å². The van der Waals surface area contributed by atoms with Gasteiger partial charge in [-0.25, -0.2) is 4.98 Å². The van der Waals surface area contributed by atoms with Crippen molar-refractivity contribution in [1.29, 1.82) is 0 Å². The third-order valence-corrected chi connectivity index (χ3v) is 4.41. The minimum atomic E-state index is -0.435. The number of aryl methyl sites for hydroxylation is 3. The molecule has 1 amide bonds. The van der Waals surface area contributed by atoms with Crippen LogP contribution in [0.3, 0.4) is 0 Å². The van der Waals surface area contributed by atoms with Crippen molar-refractivity contribution in [2.24, 2.45) is 5.73 Å². The highest BCUT2D eigenvalue weighted by atomic mass is 16.1. The van der Waals surface area contributed by atoms with Crippen LogP contribution in [0.2, 0.25) is 0 Å². The Kier molecular flexibility index (Phi) is 5.03. The van der Waals surface area contributed by atoms with Crippen LogP contribution in [-0.2, 0) is 19.4 Å². The van der Waals surface area contributed by atoms with Gasteiger partial charge in [0, 0.05) is 19.2 Å². The second-order valence-electron chi connectivity index (χ2n) is 6.22. The van der Waals surface area contributed by atoms with Gasteiger partial charge in [-0.1, -0.05) is 37.6 Å². The van der Waals surface area contributed by atoms with E-state index in [1.165, 1.54) is 11.1 Å². The Balaban J connectivity index is 1.87. The Morgan fingerprint density at radius 2 is 1.92 bits per heavy atom. The second kappa shape index (κ2) is 7.38. The van der Waals surface area contributed by atoms with Crippen molar-refractivity contribution in [2.75, 3.05) is 12.4 Å². The van der Waals surface area contributed by atoms with E-state index in [-0.39, 0.29) is 0 Å². The van der Waals surface area contributed by atoms with Crippen molar-refractivity contribution in [3.8, 4) is 0 Å². The first-order valence-corrected chi connectivity index (χ1v) is 8.68. The average molecular weight is 336 g/mol. The molecule has 1 aromatic heterocycles. The van der Waals surface area contributed by atoms with Crippen LogP contribution in [-0.4, -0.2) is 22.5 Å². The maximum atomic E-state index is 11.4. The lowest BCUT2D eigenvalue weighted by Crippen LogP contribution is -2.10. The first-order valence-electron chi connectivity index (χ1n) is 8.68. The van der Waals surface area contributed by atoms with Crippen molar-refractivity contribution in [1.82, 2.24) is 9.55 Å². The van der Waals surface area contributed by atoms with Gasteiger partial charge in [0.05, 0.1) is 11.0 Å². The van der Waals surface area contributed by atoms with E-state index >= 15 is 0 Å². The van der Waals surface area contributed by atoms with Crippen LogP contribution in [0.15, 0.2) is 42.5 Å². The Morgan fingerprint density at radius 1 is 1.16 bits per heavy atom. The van der Waals surface area contributed by atoms with Crippen LogP contribution in [0.1, 0.15) is 34.8 Å². The number of benzene rings is 2. The Hall–Kier alpha value is -2.82. The summed E-state index contributed by atoms with van der Waals surface area (Å²) in [6.45, 7) is 3.02. The fourth-order valence-corrected chi connectivity index (χ4v) is 3.17. The number of primary amides is 1. The van der Waals surface area contributed by atoms with Crippen LogP contribution in [0, 0.1) is 0 Å². The SMILES string of the molecule is CCCc1cccc(CCn2c(NC)nc3cc(C(N)=O)ccc32)c1. The van der Waals surface area contributed by atoms with E-state index < -0.39 is 5.91 Å². The fraction of sp³-hybridized carbons (Fsp3) is 0.300. The number of fused-ring (bicyclic) bond motifs is 1. The summed E-state index contributed by atoms with van der Waals surface area (Å²) in [5.41, 5.74) is 10.3.